The third-order valence-corrected chi connectivity index (χ3v) is 4.89. The Morgan fingerprint density at radius 1 is 1.26 bits per heavy atom. The van der Waals surface area contributed by atoms with Crippen molar-refractivity contribution < 1.29 is 14.3 Å². The van der Waals surface area contributed by atoms with E-state index in [0.717, 1.165) is 16.8 Å². The Balaban J connectivity index is 1.67. The first-order valence-electron chi connectivity index (χ1n) is 9.61. The predicted octanol–water partition coefficient (Wildman–Crippen LogP) is 3.41. The second-order valence-corrected chi connectivity index (χ2v) is 6.75. The Morgan fingerprint density at radius 3 is 2.68 bits per heavy atom. The van der Waals surface area contributed by atoms with E-state index in [9.17, 15) is 4.79 Å². The van der Waals surface area contributed by atoms with Gasteiger partial charge in [0.15, 0.2) is 18.1 Å². The van der Waals surface area contributed by atoms with Gasteiger partial charge in [-0.2, -0.15) is 10.4 Å². The minimum absolute atomic E-state index is 0.0630. The highest BCUT2D eigenvalue weighted by Crippen LogP contribution is 2.28. The molecule has 3 aromatic rings. The number of aromatic nitrogens is 3. The van der Waals surface area contributed by atoms with Gasteiger partial charge >= 0.3 is 0 Å². The highest BCUT2D eigenvalue weighted by molar-refractivity contribution is 5.92. The van der Waals surface area contributed by atoms with Gasteiger partial charge < -0.3 is 14.4 Å². The quantitative estimate of drug-likeness (QED) is 0.522. The van der Waals surface area contributed by atoms with Gasteiger partial charge in [-0.15, -0.1) is 0 Å². The molecule has 1 heterocycles. The van der Waals surface area contributed by atoms with Crippen LogP contribution in [-0.4, -0.2) is 46.3 Å². The molecule has 0 saturated heterocycles. The summed E-state index contributed by atoms with van der Waals surface area (Å²) in [5.74, 6) is 0.850. The minimum Gasteiger partial charge on any atom is -0.493 e. The second kappa shape index (κ2) is 10.1. The Bertz CT molecular complexity index is 1090. The summed E-state index contributed by atoms with van der Waals surface area (Å²) >= 11 is 0. The van der Waals surface area contributed by atoms with E-state index in [4.69, 9.17) is 14.7 Å². The minimum atomic E-state index is -0.128. The third-order valence-electron chi connectivity index (χ3n) is 4.89. The zero-order valence-electron chi connectivity index (χ0n) is 17.6. The van der Waals surface area contributed by atoms with Crippen molar-refractivity contribution in [1.29, 1.82) is 5.26 Å². The average molecular weight is 417 g/mol. The van der Waals surface area contributed by atoms with Crippen LogP contribution in [0.1, 0.15) is 24.1 Å². The van der Waals surface area contributed by atoms with Crippen molar-refractivity contribution in [2.24, 2.45) is 0 Å². The average Bonchev–Trinajstić information content (AvgIpc) is 3.35. The molecule has 8 nitrogen and oxygen atoms in total. The second-order valence-electron chi connectivity index (χ2n) is 6.75. The summed E-state index contributed by atoms with van der Waals surface area (Å²) in [7, 11) is 3.29. The van der Waals surface area contributed by atoms with Gasteiger partial charge in [-0.1, -0.05) is 18.2 Å². The fraction of sp³-hybridized carbons (Fsp3) is 0.217. The first-order chi connectivity index (χ1) is 15.0. The number of ether oxygens (including phenoxy) is 2. The maximum Gasteiger partial charge on any atom is 0.246 e. The molecule has 31 heavy (non-hydrogen) atoms. The summed E-state index contributed by atoms with van der Waals surface area (Å²) in [6.07, 6.45) is 6.36. The van der Waals surface area contributed by atoms with Gasteiger partial charge in [-0.05, 0) is 48.4 Å². The number of amides is 1. The maximum atomic E-state index is 12.7. The number of nitriles is 1. The Hall–Kier alpha value is -4.12. The lowest BCUT2D eigenvalue weighted by atomic mass is 10.1. The zero-order chi connectivity index (χ0) is 22.2. The zero-order valence-corrected chi connectivity index (χ0v) is 17.6. The van der Waals surface area contributed by atoms with Crippen LogP contribution in [0.15, 0.2) is 61.2 Å². The molecule has 0 radical (unpaired) electrons. The summed E-state index contributed by atoms with van der Waals surface area (Å²) in [5.41, 5.74) is 2.69. The van der Waals surface area contributed by atoms with Crippen LogP contribution in [0.2, 0.25) is 0 Å². The molecule has 0 fully saturated rings. The van der Waals surface area contributed by atoms with Crippen LogP contribution in [0.25, 0.3) is 11.8 Å². The highest BCUT2D eigenvalue weighted by Gasteiger charge is 2.15. The molecular formula is C23H23N5O3. The van der Waals surface area contributed by atoms with E-state index < -0.39 is 0 Å². The van der Waals surface area contributed by atoms with Crippen LogP contribution < -0.4 is 9.47 Å². The number of methoxy groups -OCH3 is 1. The molecule has 0 unspecified atom stereocenters. The molecule has 1 atom stereocenters. The molecule has 2 aromatic carbocycles. The molecular weight excluding hydrogens is 394 g/mol. The van der Waals surface area contributed by atoms with E-state index >= 15 is 0 Å². The Labute approximate surface area is 181 Å². The molecule has 0 aliphatic heterocycles. The lowest BCUT2D eigenvalue weighted by Crippen LogP contribution is -2.27. The molecule has 0 bridgehead atoms. The van der Waals surface area contributed by atoms with Gasteiger partial charge in [-0.25, -0.2) is 9.67 Å². The van der Waals surface area contributed by atoms with Crippen LogP contribution in [0.5, 0.6) is 11.5 Å². The first kappa shape index (κ1) is 21.6. The van der Waals surface area contributed by atoms with Crippen LogP contribution in [0, 0.1) is 11.3 Å². The molecule has 0 aliphatic rings. The van der Waals surface area contributed by atoms with Crippen LogP contribution in [0.4, 0.5) is 0 Å². The van der Waals surface area contributed by atoms with Crippen molar-refractivity contribution >= 4 is 12.0 Å². The van der Waals surface area contributed by atoms with Gasteiger partial charge in [0, 0.05) is 13.1 Å². The summed E-state index contributed by atoms with van der Waals surface area (Å²) in [6.45, 7) is 1.91. The maximum absolute atomic E-state index is 12.7. The summed E-state index contributed by atoms with van der Waals surface area (Å²) in [5, 5.41) is 12.8. The van der Waals surface area contributed by atoms with Crippen molar-refractivity contribution in [3.8, 4) is 23.3 Å². The van der Waals surface area contributed by atoms with Crippen molar-refractivity contribution in [1.82, 2.24) is 19.7 Å². The molecule has 0 spiro atoms. The third kappa shape index (κ3) is 5.28. The highest BCUT2D eigenvalue weighted by atomic mass is 16.5. The number of rotatable bonds is 8. The number of likely N-dealkylation sites (N-methyl/N-ethyl adjacent to an activating group) is 1. The monoisotopic (exact) mass is 417 g/mol. The van der Waals surface area contributed by atoms with Crippen LogP contribution >= 0.6 is 0 Å². The van der Waals surface area contributed by atoms with Crippen molar-refractivity contribution in [2.45, 2.75) is 13.0 Å². The number of hydrogen-bond acceptors (Lipinski definition) is 6. The smallest absolute Gasteiger partial charge is 0.246 e. The summed E-state index contributed by atoms with van der Waals surface area (Å²) < 4.78 is 12.3. The molecule has 1 amide bonds. The van der Waals surface area contributed by atoms with E-state index in [2.05, 4.69) is 10.1 Å². The molecule has 0 saturated carbocycles. The molecule has 0 N–H and O–H groups in total. The first-order valence-corrected chi connectivity index (χ1v) is 9.61. The van der Waals surface area contributed by atoms with Crippen molar-refractivity contribution in [3.05, 3.63) is 72.3 Å². The summed E-state index contributed by atoms with van der Waals surface area (Å²) in [4.78, 5) is 18.3. The van der Waals surface area contributed by atoms with Crippen LogP contribution in [-0.2, 0) is 4.79 Å². The standard InChI is InChI=1S/C23H23N5O3/c1-17(19-6-8-20(9-7-19)28-16-25-15-26-28)27(2)23(29)11-5-18-4-10-21(31-13-12-24)22(14-18)30-3/h4-11,14-17H,13H2,1-3H3/b11-5+/t17-/m1/s1. The molecule has 8 heteroatoms. The number of nitrogens with zero attached hydrogens (tertiary/aromatic N) is 5. The van der Waals surface area contributed by atoms with Gasteiger partial charge in [0.1, 0.15) is 18.7 Å². The topological polar surface area (TPSA) is 93.3 Å². The molecule has 3 rings (SSSR count). The van der Waals surface area contributed by atoms with Crippen molar-refractivity contribution in [2.75, 3.05) is 20.8 Å². The predicted molar refractivity (Wildman–Crippen MR) is 116 cm³/mol. The number of carbonyl (C=O) groups excluding carboxylic acids is 1. The van der Waals surface area contributed by atoms with Crippen molar-refractivity contribution in [3.63, 3.8) is 0 Å². The lowest BCUT2D eigenvalue weighted by Gasteiger charge is -2.24. The SMILES string of the molecule is COc1cc(/C=C/C(=O)N(C)[C@H](C)c2ccc(-n3cncn3)cc2)ccc1OCC#N. The normalized spacial score (nSPS) is 11.7. The molecule has 1 aromatic heterocycles. The van der Waals surface area contributed by atoms with E-state index in [-0.39, 0.29) is 18.6 Å². The van der Waals surface area contributed by atoms with Crippen LogP contribution in [0.3, 0.4) is 0 Å². The summed E-state index contributed by atoms with van der Waals surface area (Å²) in [6, 6.07) is 14.9. The lowest BCUT2D eigenvalue weighted by molar-refractivity contribution is -0.126. The fourth-order valence-corrected chi connectivity index (χ4v) is 2.96. The van der Waals surface area contributed by atoms with Gasteiger partial charge in [-0.3, -0.25) is 4.79 Å². The van der Waals surface area contributed by atoms with E-state index in [1.165, 1.54) is 19.5 Å². The van der Waals surface area contributed by atoms with Gasteiger partial charge in [0.2, 0.25) is 5.91 Å². The fourth-order valence-electron chi connectivity index (χ4n) is 2.96. The molecule has 158 valence electrons. The van der Waals surface area contributed by atoms with E-state index in [0.29, 0.717) is 11.5 Å². The number of benzene rings is 2. The Kier molecular flexibility index (Phi) is 7.01. The Morgan fingerprint density at radius 2 is 2.03 bits per heavy atom. The van der Waals surface area contributed by atoms with Gasteiger partial charge in [0.25, 0.3) is 0 Å². The van der Waals surface area contributed by atoms with E-state index in [1.807, 2.05) is 37.3 Å². The number of hydrogen-bond donors (Lipinski definition) is 0. The molecule has 0 aliphatic carbocycles. The number of carbonyl (C=O) groups is 1. The largest absolute Gasteiger partial charge is 0.493 e. The van der Waals surface area contributed by atoms with E-state index in [1.54, 1.807) is 47.2 Å². The van der Waals surface area contributed by atoms with Gasteiger partial charge in [0.05, 0.1) is 18.8 Å².